The highest BCUT2D eigenvalue weighted by atomic mass is 16.5. The van der Waals surface area contributed by atoms with Crippen LogP contribution in [0, 0.1) is 0 Å². The molecule has 1 aromatic carbocycles. The summed E-state index contributed by atoms with van der Waals surface area (Å²) >= 11 is 0. The van der Waals surface area contributed by atoms with Crippen molar-refractivity contribution in [2.45, 2.75) is 18.9 Å². The summed E-state index contributed by atoms with van der Waals surface area (Å²) in [5.41, 5.74) is -0.652. The van der Waals surface area contributed by atoms with Crippen molar-refractivity contribution in [3.63, 3.8) is 0 Å². The largest absolute Gasteiger partial charge is 0.493 e. The standard InChI is InChI=1S/C16H20N2O3/c1-16(19)5-7-18(10-16)15-12-9-14(21-3)13(20-2)8-11(12)4-6-17-15/h4,6,8-9,19H,5,7,10H2,1-3H3. The van der Waals surface area contributed by atoms with Gasteiger partial charge < -0.3 is 19.5 Å². The molecule has 1 aliphatic heterocycles. The van der Waals surface area contributed by atoms with Crippen molar-refractivity contribution in [2.75, 3.05) is 32.2 Å². The number of aromatic nitrogens is 1. The summed E-state index contributed by atoms with van der Waals surface area (Å²) < 4.78 is 10.7. The smallest absolute Gasteiger partial charge is 0.161 e. The zero-order chi connectivity index (χ0) is 15.0. The van der Waals surface area contributed by atoms with Crippen LogP contribution in [0.1, 0.15) is 13.3 Å². The van der Waals surface area contributed by atoms with Crippen molar-refractivity contribution >= 4 is 16.6 Å². The van der Waals surface area contributed by atoms with Gasteiger partial charge in [0.2, 0.25) is 0 Å². The molecular formula is C16H20N2O3. The summed E-state index contributed by atoms with van der Waals surface area (Å²) in [6.45, 7) is 3.25. The van der Waals surface area contributed by atoms with Gasteiger partial charge in [-0.15, -0.1) is 0 Å². The third-order valence-corrected chi connectivity index (χ3v) is 4.00. The summed E-state index contributed by atoms with van der Waals surface area (Å²) in [6.07, 6.45) is 2.54. The van der Waals surface area contributed by atoms with E-state index >= 15 is 0 Å². The van der Waals surface area contributed by atoms with Crippen LogP contribution in [-0.2, 0) is 0 Å². The van der Waals surface area contributed by atoms with Crippen molar-refractivity contribution in [3.8, 4) is 11.5 Å². The molecule has 0 spiro atoms. The van der Waals surface area contributed by atoms with E-state index in [2.05, 4.69) is 9.88 Å². The molecule has 0 saturated carbocycles. The predicted molar refractivity (Wildman–Crippen MR) is 82.3 cm³/mol. The van der Waals surface area contributed by atoms with Crippen LogP contribution >= 0.6 is 0 Å². The molecule has 1 aromatic heterocycles. The second-order valence-electron chi connectivity index (χ2n) is 5.73. The number of ether oxygens (including phenoxy) is 2. The molecule has 5 nitrogen and oxygen atoms in total. The molecule has 0 bridgehead atoms. The van der Waals surface area contributed by atoms with Crippen LogP contribution < -0.4 is 14.4 Å². The molecule has 1 saturated heterocycles. The van der Waals surface area contributed by atoms with Gasteiger partial charge in [0.1, 0.15) is 5.82 Å². The van der Waals surface area contributed by atoms with Crippen LogP contribution in [0.5, 0.6) is 11.5 Å². The lowest BCUT2D eigenvalue weighted by atomic mass is 10.1. The van der Waals surface area contributed by atoms with Gasteiger partial charge in [-0.2, -0.15) is 0 Å². The summed E-state index contributed by atoms with van der Waals surface area (Å²) in [7, 11) is 3.25. The molecule has 1 aliphatic rings. The average molecular weight is 288 g/mol. The molecule has 112 valence electrons. The van der Waals surface area contributed by atoms with Crippen LogP contribution in [0.25, 0.3) is 10.8 Å². The summed E-state index contributed by atoms with van der Waals surface area (Å²) in [5, 5.41) is 12.2. The molecule has 2 heterocycles. The van der Waals surface area contributed by atoms with Crippen molar-refractivity contribution in [3.05, 3.63) is 24.4 Å². The number of rotatable bonds is 3. The highest BCUT2D eigenvalue weighted by Crippen LogP contribution is 2.37. The van der Waals surface area contributed by atoms with Gasteiger partial charge in [-0.25, -0.2) is 4.98 Å². The Balaban J connectivity index is 2.11. The Hall–Kier alpha value is -2.01. The molecule has 1 N–H and O–H groups in total. The number of nitrogens with zero attached hydrogens (tertiary/aromatic N) is 2. The number of β-amino-alcohol motifs (C(OH)–C–C–N with tert-alkyl or cyclic N) is 1. The molecule has 3 rings (SSSR count). The minimum Gasteiger partial charge on any atom is -0.493 e. The van der Waals surface area contributed by atoms with E-state index in [1.165, 1.54) is 0 Å². The van der Waals surface area contributed by atoms with Crippen molar-refractivity contribution in [1.82, 2.24) is 4.98 Å². The molecule has 0 amide bonds. The second-order valence-corrected chi connectivity index (χ2v) is 5.73. The van der Waals surface area contributed by atoms with E-state index in [1.807, 2.05) is 25.1 Å². The number of aliphatic hydroxyl groups is 1. The second kappa shape index (κ2) is 5.07. The molecule has 1 atom stereocenters. The Morgan fingerprint density at radius 2 is 1.95 bits per heavy atom. The normalized spacial score (nSPS) is 21.8. The van der Waals surface area contributed by atoms with E-state index in [0.717, 1.165) is 29.6 Å². The minimum atomic E-state index is -0.652. The third-order valence-electron chi connectivity index (χ3n) is 4.00. The van der Waals surface area contributed by atoms with E-state index in [4.69, 9.17) is 9.47 Å². The van der Waals surface area contributed by atoms with Crippen molar-refractivity contribution < 1.29 is 14.6 Å². The van der Waals surface area contributed by atoms with Crippen LogP contribution in [0.2, 0.25) is 0 Å². The fourth-order valence-corrected chi connectivity index (χ4v) is 2.86. The van der Waals surface area contributed by atoms with Gasteiger partial charge in [0.05, 0.1) is 19.8 Å². The van der Waals surface area contributed by atoms with Crippen LogP contribution in [0.15, 0.2) is 24.4 Å². The highest BCUT2D eigenvalue weighted by Gasteiger charge is 2.32. The maximum Gasteiger partial charge on any atom is 0.161 e. The summed E-state index contributed by atoms with van der Waals surface area (Å²) in [6, 6.07) is 5.85. The van der Waals surface area contributed by atoms with Gasteiger partial charge in [-0.1, -0.05) is 0 Å². The highest BCUT2D eigenvalue weighted by molar-refractivity contribution is 5.94. The molecule has 0 aliphatic carbocycles. The molecule has 21 heavy (non-hydrogen) atoms. The van der Waals surface area contributed by atoms with Crippen LogP contribution in [0.4, 0.5) is 5.82 Å². The molecule has 5 heteroatoms. The first kappa shape index (κ1) is 13.9. The molecule has 0 radical (unpaired) electrons. The van der Waals surface area contributed by atoms with Crippen LogP contribution in [-0.4, -0.2) is 43.0 Å². The lowest BCUT2D eigenvalue weighted by Crippen LogP contribution is -2.30. The van der Waals surface area contributed by atoms with E-state index in [9.17, 15) is 5.11 Å². The number of hydrogen-bond acceptors (Lipinski definition) is 5. The van der Waals surface area contributed by atoms with Gasteiger partial charge in [0, 0.05) is 24.7 Å². The third kappa shape index (κ3) is 2.49. The number of pyridine rings is 1. The first-order chi connectivity index (χ1) is 10.0. The summed E-state index contributed by atoms with van der Waals surface area (Å²) in [4.78, 5) is 6.62. The number of hydrogen-bond donors (Lipinski definition) is 1. The average Bonchev–Trinajstić information content (AvgIpc) is 2.85. The number of benzene rings is 1. The summed E-state index contributed by atoms with van der Waals surface area (Å²) in [5.74, 6) is 2.27. The van der Waals surface area contributed by atoms with Crippen LogP contribution in [0.3, 0.4) is 0 Å². The van der Waals surface area contributed by atoms with Gasteiger partial charge in [0.15, 0.2) is 11.5 Å². The van der Waals surface area contributed by atoms with Gasteiger partial charge >= 0.3 is 0 Å². The molecular weight excluding hydrogens is 268 g/mol. The Labute approximate surface area is 124 Å². The van der Waals surface area contributed by atoms with Gasteiger partial charge in [-0.05, 0) is 36.9 Å². The Morgan fingerprint density at radius 3 is 2.57 bits per heavy atom. The van der Waals surface area contributed by atoms with Crippen molar-refractivity contribution in [2.24, 2.45) is 0 Å². The Kier molecular flexibility index (Phi) is 3.37. The Bertz CT molecular complexity index is 670. The number of methoxy groups -OCH3 is 2. The Morgan fingerprint density at radius 1 is 1.24 bits per heavy atom. The van der Waals surface area contributed by atoms with Crippen molar-refractivity contribution in [1.29, 1.82) is 0 Å². The van der Waals surface area contributed by atoms with E-state index in [0.29, 0.717) is 18.0 Å². The van der Waals surface area contributed by atoms with Gasteiger partial charge in [0.25, 0.3) is 0 Å². The molecule has 1 fully saturated rings. The molecule has 1 unspecified atom stereocenters. The number of anilines is 1. The first-order valence-electron chi connectivity index (χ1n) is 7.02. The lowest BCUT2D eigenvalue weighted by Gasteiger charge is -2.21. The maximum absolute atomic E-state index is 10.2. The zero-order valence-corrected chi connectivity index (χ0v) is 12.6. The zero-order valence-electron chi connectivity index (χ0n) is 12.6. The fraction of sp³-hybridized carbons (Fsp3) is 0.438. The SMILES string of the molecule is COc1cc2ccnc(N3CCC(C)(O)C3)c2cc1OC. The van der Waals surface area contributed by atoms with E-state index in [1.54, 1.807) is 20.4 Å². The number of fused-ring (bicyclic) bond motifs is 1. The predicted octanol–water partition coefficient (Wildman–Crippen LogP) is 2.21. The lowest BCUT2D eigenvalue weighted by molar-refractivity contribution is 0.0839. The van der Waals surface area contributed by atoms with E-state index < -0.39 is 5.60 Å². The van der Waals surface area contributed by atoms with Gasteiger partial charge in [-0.3, -0.25) is 0 Å². The monoisotopic (exact) mass is 288 g/mol. The van der Waals surface area contributed by atoms with E-state index in [-0.39, 0.29) is 0 Å². The fourth-order valence-electron chi connectivity index (χ4n) is 2.86. The topological polar surface area (TPSA) is 54.8 Å². The minimum absolute atomic E-state index is 0.591. The first-order valence-corrected chi connectivity index (χ1v) is 7.02. The quantitative estimate of drug-likeness (QED) is 0.938. The maximum atomic E-state index is 10.2. The molecule has 2 aromatic rings.